The van der Waals surface area contributed by atoms with Gasteiger partial charge in [-0.3, -0.25) is 19.6 Å². The Bertz CT molecular complexity index is 1500. The number of esters is 2. The number of nitrogens with one attached hydrogen (secondary N) is 1. The number of nitrogens with two attached hydrogens (primary N) is 1. The first kappa shape index (κ1) is 25.3. The molecule has 0 fully saturated rings. The monoisotopic (exact) mass is 500 g/mol. The predicted molar refractivity (Wildman–Crippen MR) is 137 cm³/mol. The van der Waals surface area contributed by atoms with Gasteiger partial charge in [0, 0.05) is 5.69 Å². The van der Waals surface area contributed by atoms with Crippen molar-refractivity contribution in [3.63, 3.8) is 0 Å². The lowest BCUT2D eigenvalue weighted by atomic mass is 10.0. The van der Waals surface area contributed by atoms with Crippen molar-refractivity contribution >= 4 is 40.1 Å². The van der Waals surface area contributed by atoms with Gasteiger partial charge in [0.1, 0.15) is 6.61 Å². The minimum absolute atomic E-state index is 0.0263. The number of hydrogen-bond donors (Lipinski definition) is 2. The minimum Gasteiger partial charge on any atom is -0.461 e. The topological polar surface area (TPSA) is 145 Å². The molecular weight excluding hydrogens is 476 g/mol. The number of H-pyrrole nitrogens is 1. The fourth-order valence-corrected chi connectivity index (χ4v) is 3.80. The molecule has 4 rings (SSSR count). The van der Waals surface area contributed by atoms with Crippen molar-refractivity contribution in [2.75, 3.05) is 18.1 Å². The molecule has 0 aliphatic carbocycles. The Balaban J connectivity index is 1.96. The number of ether oxygens (including phenoxy) is 2. The Morgan fingerprint density at radius 1 is 0.919 bits per heavy atom. The zero-order chi connectivity index (χ0) is 26.4. The van der Waals surface area contributed by atoms with Crippen LogP contribution in [-0.2, 0) is 20.9 Å². The number of benzene rings is 3. The summed E-state index contributed by atoms with van der Waals surface area (Å²) in [6.07, 6.45) is 0. The normalized spacial score (nSPS) is 10.6. The molecule has 0 radical (unpaired) electrons. The molecule has 1 aromatic heterocycles. The molecule has 4 aromatic rings. The van der Waals surface area contributed by atoms with E-state index < -0.39 is 35.5 Å². The van der Waals surface area contributed by atoms with Crippen LogP contribution in [0.3, 0.4) is 0 Å². The lowest BCUT2D eigenvalue weighted by molar-refractivity contribution is -0.116. The van der Waals surface area contributed by atoms with Crippen molar-refractivity contribution in [3.8, 4) is 0 Å². The minimum atomic E-state index is -0.940. The lowest BCUT2D eigenvalue weighted by Gasteiger charge is -2.26. The highest BCUT2D eigenvalue weighted by Gasteiger charge is 2.29. The second-order valence-corrected chi connectivity index (χ2v) is 7.84. The molecule has 1 heterocycles. The van der Waals surface area contributed by atoms with E-state index in [1.807, 2.05) is 18.2 Å². The Labute approximate surface area is 211 Å². The van der Waals surface area contributed by atoms with Gasteiger partial charge in [-0.05, 0) is 36.8 Å². The van der Waals surface area contributed by atoms with Crippen LogP contribution in [0.25, 0.3) is 10.9 Å². The molecule has 10 heteroatoms. The fraction of sp³-hybridized carbons (Fsp3) is 0.148. The molecule has 0 saturated carbocycles. The molecule has 0 unspecified atom stereocenters. The second-order valence-electron chi connectivity index (χ2n) is 7.84. The molecule has 0 aliphatic rings. The summed E-state index contributed by atoms with van der Waals surface area (Å²) in [5.41, 5.74) is 5.56. The number of aromatic amines is 1. The predicted octanol–water partition coefficient (Wildman–Crippen LogP) is 3.08. The van der Waals surface area contributed by atoms with Gasteiger partial charge in [-0.1, -0.05) is 48.5 Å². The number of anilines is 2. The van der Waals surface area contributed by atoms with Gasteiger partial charge in [0.25, 0.3) is 0 Å². The number of aromatic nitrogens is 2. The third-order valence-electron chi connectivity index (χ3n) is 5.47. The van der Waals surface area contributed by atoms with Gasteiger partial charge < -0.3 is 15.2 Å². The molecular formula is C27H24N4O6. The molecule has 0 bridgehead atoms. The summed E-state index contributed by atoms with van der Waals surface area (Å²) in [7, 11) is 0. The largest absolute Gasteiger partial charge is 0.461 e. The summed E-state index contributed by atoms with van der Waals surface area (Å²) >= 11 is 0. The number of hydrogen-bond acceptors (Lipinski definition) is 8. The lowest BCUT2D eigenvalue weighted by Crippen LogP contribution is -2.34. The van der Waals surface area contributed by atoms with Gasteiger partial charge in [0.05, 0.1) is 35.3 Å². The van der Waals surface area contributed by atoms with Crippen LogP contribution in [-0.4, -0.2) is 41.2 Å². The van der Waals surface area contributed by atoms with Crippen LogP contribution in [0.2, 0.25) is 0 Å². The molecule has 0 spiro atoms. The van der Waals surface area contributed by atoms with Crippen LogP contribution >= 0.6 is 0 Å². The molecule has 10 nitrogen and oxygen atoms in total. The van der Waals surface area contributed by atoms with Crippen molar-refractivity contribution < 1.29 is 23.9 Å². The van der Waals surface area contributed by atoms with E-state index in [1.54, 1.807) is 49.4 Å². The van der Waals surface area contributed by atoms with Crippen LogP contribution in [0.5, 0.6) is 0 Å². The van der Waals surface area contributed by atoms with Crippen LogP contribution in [0.4, 0.5) is 11.4 Å². The number of para-hydroxylation sites is 1. The fourth-order valence-electron chi connectivity index (χ4n) is 3.80. The number of carbonyl (C=O) groups is 3. The van der Waals surface area contributed by atoms with E-state index in [4.69, 9.17) is 15.2 Å². The average Bonchev–Trinajstić information content (AvgIpc) is 2.93. The molecule has 3 N–H and O–H groups in total. The third-order valence-corrected chi connectivity index (χ3v) is 5.47. The van der Waals surface area contributed by atoms with E-state index in [1.165, 1.54) is 17.0 Å². The van der Waals surface area contributed by atoms with Gasteiger partial charge >= 0.3 is 11.9 Å². The standard InChI is InChI=1S/C27H24N4O6/c1-2-36-27(35)23-25(33)22-20(29-30-23)14-13-19(26(34)37-16-17-9-5-3-6-10-17)24(22)31(21(32)15-28)18-11-7-4-8-12-18/h3-14H,2,15-16,28H2,1H3,(H,29,33). The van der Waals surface area contributed by atoms with Crippen LogP contribution in [0.15, 0.2) is 77.6 Å². The van der Waals surface area contributed by atoms with Gasteiger partial charge in [-0.25, -0.2) is 9.59 Å². The first-order valence-corrected chi connectivity index (χ1v) is 11.5. The average molecular weight is 501 g/mol. The summed E-state index contributed by atoms with van der Waals surface area (Å²) in [6, 6.07) is 20.3. The van der Waals surface area contributed by atoms with Crippen LogP contribution in [0.1, 0.15) is 33.3 Å². The summed E-state index contributed by atoms with van der Waals surface area (Å²) in [5.74, 6) is -2.31. The van der Waals surface area contributed by atoms with Gasteiger partial charge in [0.2, 0.25) is 17.0 Å². The van der Waals surface area contributed by atoms with Crippen molar-refractivity contribution in [2.24, 2.45) is 5.73 Å². The van der Waals surface area contributed by atoms with Crippen molar-refractivity contribution in [3.05, 3.63) is 99.8 Å². The van der Waals surface area contributed by atoms with E-state index in [9.17, 15) is 19.2 Å². The van der Waals surface area contributed by atoms with Crippen molar-refractivity contribution in [2.45, 2.75) is 13.5 Å². The smallest absolute Gasteiger partial charge is 0.362 e. The first-order chi connectivity index (χ1) is 18.0. The first-order valence-electron chi connectivity index (χ1n) is 11.5. The number of amides is 1. The van der Waals surface area contributed by atoms with Gasteiger partial charge in [-0.15, -0.1) is 0 Å². The van der Waals surface area contributed by atoms with E-state index in [2.05, 4.69) is 10.2 Å². The molecule has 37 heavy (non-hydrogen) atoms. The molecule has 0 aliphatic heterocycles. The zero-order valence-electron chi connectivity index (χ0n) is 20.0. The quantitative estimate of drug-likeness (QED) is 0.351. The summed E-state index contributed by atoms with van der Waals surface area (Å²) in [5, 5.41) is 6.40. The van der Waals surface area contributed by atoms with Crippen LogP contribution < -0.4 is 16.1 Å². The maximum Gasteiger partial charge on any atom is 0.362 e. The maximum absolute atomic E-state index is 13.6. The molecule has 0 atom stereocenters. The second kappa shape index (κ2) is 11.3. The number of fused-ring (bicyclic) bond motifs is 1. The van der Waals surface area contributed by atoms with E-state index in [-0.39, 0.29) is 35.4 Å². The van der Waals surface area contributed by atoms with Crippen molar-refractivity contribution in [1.82, 2.24) is 10.2 Å². The molecule has 0 saturated heterocycles. The molecule has 1 amide bonds. The van der Waals surface area contributed by atoms with Gasteiger partial charge in [0.15, 0.2) is 0 Å². The van der Waals surface area contributed by atoms with E-state index in [0.29, 0.717) is 5.69 Å². The number of carbonyl (C=O) groups excluding carboxylic acids is 3. The Kier molecular flexibility index (Phi) is 7.70. The highest BCUT2D eigenvalue weighted by atomic mass is 16.5. The Hall–Kier alpha value is -4.83. The number of nitrogens with zero attached hydrogens (tertiary/aromatic N) is 2. The van der Waals surface area contributed by atoms with E-state index in [0.717, 1.165) is 5.56 Å². The number of rotatable bonds is 8. The van der Waals surface area contributed by atoms with Gasteiger partial charge in [-0.2, -0.15) is 5.10 Å². The SMILES string of the molecule is CCOC(=O)c1n[nH]c2ccc(C(=O)OCc3ccccc3)c(N(C(=O)CN)c3ccccc3)c2c1=O. The zero-order valence-corrected chi connectivity index (χ0v) is 20.0. The van der Waals surface area contributed by atoms with Crippen LogP contribution in [0, 0.1) is 0 Å². The Morgan fingerprint density at radius 3 is 2.24 bits per heavy atom. The summed E-state index contributed by atoms with van der Waals surface area (Å²) in [6.45, 7) is 1.17. The summed E-state index contributed by atoms with van der Waals surface area (Å²) in [4.78, 5) is 53.7. The molecule has 188 valence electrons. The van der Waals surface area contributed by atoms with E-state index >= 15 is 0 Å². The highest BCUT2D eigenvalue weighted by molar-refractivity contribution is 6.15. The highest BCUT2D eigenvalue weighted by Crippen LogP contribution is 2.34. The summed E-state index contributed by atoms with van der Waals surface area (Å²) < 4.78 is 10.5. The Morgan fingerprint density at radius 2 is 1.59 bits per heavy atom. The van der Waals surface area contributed by atoms with Crippen molar-refractivity contribution in [1.29, 1.82) is 0 Å². The molecule has 3 aromatic carbocycles. The maximum atomic E-state index is 13.6. The third kappa shape index (κ3) is 5.24.